The monoisotopic (exact) mass is 388 g/mol. The van der Waals surface area contributed by atoms with Gasteiger partial charge in [0.15, 0.2) is 0 Å². The highest BCUT2D eigenvalue weighted by Crippen LogP contribution is 2.25. The average Bonchev–Trinajstić information content (AvgIpc) is 3.19. The highest BCUT2D eigenvalue weighted by Gasteiger charge is 2.32. The van der Waals surface area contributed by atoms with Crippen LogP contribution in [0.2, 0.25) is 5.02 Å². The highest BCUT2D eigenvalue weighted by molar-refractivity contribution is 6.30. The van der Waals surface area contributed by atoms with Gasteiger partial charge >= 0.3 is 0 Å². The van der Waals surface area contributed by atoms with E-state index in [1.165, 1.54) is 12.1 Å². The molecule has 2 aliphatic heterocycles. The molecule has 5 nitrogen and oxygen atoms in total. The van der Waals surface area contributed by atoms with Crippen LogP contribution in [0.5, 0.6) is 0 Å². The van der Waals surface area contributed by atoms with Crippen LogP contribution in [0.1, 0.15) is 28.4 Å². The number of nitrogens with zero attached hydrogens (tertiary/aromatic N) is 2. The van der Waals surface area contributed by atoms with E-state index in [4.69, 9.17) is 11.6 Å². The SMILES string of the molecule is O=C(c1ccc(Cl)cc1)N1CCN(C2CC(c3ccc(F)cc3)NN2)CC1. The van der Waals surface area contributed by atoms with Gasteiger partial charge in [-0.1, -0.05) is 23.7 Å². The van der Waals surface area contributed by atoms with Gasteiger partial charge in [-0.25, -0.2) is 15.2 Å². The Morgan fingerprint density at radius 3 is 2.30 bits per heavy atom. The van der Waals surface area contributed by atoms with Gasteiger partial charge in [0.25, 0.3) is 5.91 Å². The summed E-state index contributed by atoms with van der Waals surface area (Å²) in [6.07, 6.45) is 1.10. The molecule has 2 fully saturated rings. The molecule has 1 amide bonds. The van der Waals surface area contributed by atoms with Crippen molar-refractivity contribution < 1.29 is 9.18 Å². The molecule has 0 bridgehead atoms. The van der Waals surface area contributed by atoms with Crippen LogP contribution in [0, 0.1) is 5.82 Å². The molecule has 2 aliphatic rings. The molecule has 4 rings (SSSR count). The number of hydrazine groups is 1. The van der Waals surface area contributed by atoms with Crippen molar-refractivity contribution in [3.63, 3.8) is 0 Å². The minimum absolute atomic E-state index is 0.0491. The van der Waals surface area contributed by atoms with E-state index in [1.54, 1.807) is 24.3 Å². The summed E-state index contributed by atoms with van der Waals surface area (Å²) in [6.45, 7) is 3.02. The van der Waals surface area contributed by atoms with Crippen molar-refractivity contribution in [1.29, 1.82) is 0 Å². The van der Waals surface area contributed by atoms with Crippen LogP contribution in [0.3, 0.4) is 0 Å². The standard InChI is InChI=1S/C20H22ClFN4O/c21-16-5-1-15(2-6-16)20(27)26-11-9-25(10-12-26)19-13-18(23-24-19)14-3-7-17(22)8-4-14/h1-8,18-19,23-24H,9-13H2. The van der Waals surface area contributed by atoms with E-state index in [2.05, 4.69) is 15.8 Å². The molecule has 27 heavy (non-hydrogen) atoms. The Kier molecular flexibility index (Phi) is 5.41. The van der Waals surface area contributed by atoms with Gasteiger partial charge in [0.1, 0.15) is 5.82 Å². The van der Waals surface area contributed by atoms with E-state index in [0.29, 0.717) is 23.7 Å². The lowest BCUT2D eigenvalue weighted by atomic mass is 10.0. The molecule has 2 atom stereocenters. The maximum absolute atomic E-state index is 13.1. The van der Waals surface area contributed by atoms with Gasteiger partial charge in [-0.15, -0.1) is 0 Å². The Morgan fingerprint density at radius 2 is 1.63 bits per heavy atom. The van der Waals surface area contributed by atoms with Crippen LogP contribution in [0.15, 0.2) is 48.5 Å². The van der Waals surface area contributed by atoms with E-state index in [-0.39, 0.29) is 23.9 Å². The van der Waals surface area contributed by atoms with Crippen LogP contribution in [-0.4, -0.2) is 48.1 Å². The first-order chi connectivity index (χ1) is 13.1. The van der Waals surface area contributed by atoms with Crippen molar-refractivity contribution in [2.75, 3.05) is 26.2 Å². The topological polar surface area (TPSA) is 47.6 Å². The number of halogens is 2. The fourth-order valence-corrected chi connectivity index (χ4v) is 3.83. The number of benzene rings is 2. The lowest BCUT2D eigenvalue weighted by Gasteiger charge is -2.37. The second-order valence-corrected chi connectivity index (χ2v) is 7.42. The van der Waals surface area contributed by atoms with Crippen molar-refractivity contribution in [3.05, 3.63) is 70.5 Å². The predicted molar refractivity (Wildman–Crippen MR) is 103 cm³/mol. The number of piperazine rings is 1. The first-order valence-corrected chi connectivity index (χ1v) is 9.53. The molecule has 0 spiro atoms. The van der Waals surface area contributed by atoms with Crippen molar-refractivity contribution in [2.45, 2.75) is 18.6 Å². The van der Waals surface area contributed by atoms with E-state index in [9.17, 15) is 9.18 Å². The smallest absolute Gasteiger partial charge is 0.253 e. The third kappa shape index (κ3) is 4.14. The fraction of sp³-hybridized carbons (Fsp3) is 0.350. The third-order valence-corrected chi connectivity index (χ3v) is 5.54. The largest absolute Gasteiger partial charge is 0.336 e. The number of hydrogen-bond acceptors (Lipinski definition) is 4. The zero-order valence-corrected chi connectivity index (χ0v) is 15.6. The van der Waals surface area contributed by atoms with Crippen molar-refractivity contribution in [2.24, 2.45) is 0 Å². The minimum Gasteiger partial charge on any atom is -0.336 e. The number of amides is 1. The van der Waals surface area contributed by atoms with Crippen molar-refractivity contribution >= 4 is 17.5 Å². The van der Waals surface area contributed by atoms with Crippen LogP contribution in [0.25, 0.3) is 0 Å². The molecule has 2 aromatic carbocycles. The molecule has 0 radical (unpaired) electrons. The number of hydrogen-bond donors (Lipinski definition) is 2. The van der Waals surface area contributed by atoms with Crippen LogP contribution >= 0.6 is 11.6 Å². The third-order valence-electron chi connectivity index (χ3n) is 5.29. The average molecular weight is 389 g/mol. The predicted octanol–water partition coefficient (Wildman–Crippen LogP) is 2.80. The summed E-state index contributed by atoms with van der Waals surface area (Å²) in [7, 11) is 0. The number of rotatable bonds is 3. The zero-order valence-electron chi connectivity index (χ0n) is 14.9. The molecule has 2 heterocycles. The molecule has 142 valence electrons. The summed E-state index contributed by atoms with van der Waals surface area (Å²) in [5.74, 6) is -0.171. The second kappa shape index (κ2) is 7.94. The highest BCUT2D eigenvalue weighted by atomic mass is 35.5. The molecule has 2 N–H and O–H groups in total. The molecule has 0 aromatic heterocycles. The molecule has 0 saturated carbocycles. The second-order valence-electron chi connectivity index (χ2n) is 6.98. The summed E-state index contributed by atoms with van der Waals surface area (Å²) in [6, 6.07) is 13.8. The van der Waals surface area contributed by atoms with Crippen LogP contribution in [0.4, 0.5) is 4.39 Å². The van der Waals surface area contributed by atoms with Gasteiger partial charge < -0.3 is 4.90 Å². The Morgan fingerprint density at radius 1 is 0.963 bits per heavy atom. The lowest BCUT2D eigenvalue weighted by molar-refractivity contribution is 0.0545. The summed E-state index contributed by atoms with van der Waals surface area (Å²) in [5, 5.41) is 0.631. The first-order valence-electron chi connectivity index (χ1n) is 9.15. The van der Waals surface area contributed by atoms with E-state index in [1.807, 2.05) is 17.0 Å². The maximum atomic E-state index is 13.1. The van der Waals surface area contributed by atoms with Gasteiger partial charge in [-0.3, -0.25) is 9.69 Å². The van der Waals surface area contributed by atoms with Gasteiger partial charge in [0.2, 0.25) is 0 Å². The molecule has 0 aliphatic carbocycles. The summed E-state index contributed by atoms with van der Waals surface area (Å²) < 4.78 is 13.1. The number of nitrogens with one attached hydrogen (secondary N) is 2. The fourth-order valence-electron chi connectivity index (χ4n) is 3.70. The summed E-state index contributed by atoms with van der Waals surface area (Å²) >= 11 is 5.89. The van der Waals surface area contributed by atoms with Gasteiger partial charge in [0, 0.05) is 42.8 Å². The Balaban J connectivity index is 1.31. The van der Waals surface area contributed by atoms with Crippen molar-refractivity contribution in [3.8, 4) is 0 Å². The Labute approximate surface area is 163 Å². The zero-order chi connectivity index (χ0) is 18.8. The van der Waals surface area contributed by atoms with E-state index < -0.39 is 0 Å². The first kappa shape index (κ1) is 18.4. The molecular weight excluding hydrogens is 367 g/mol. The summed E-state index contributed by atoms with van der Waals surface area (Å²) in [4.78, 5) is 16.8. The van der Waals surface area contributed by atoms with Gasteiger partial charge in [0.05, 0.1) is 6.17 Å². The molecule has 2 unspecified atom stereocenters. The molecule has 2 aromatic rings. The van der Waals surface area contributed by atoms with Crippen LogP contribution in [-0.2, 0) is 0 Å². The Bertz CT molecular complexity index is 791. The maximum Gasteiger partial charge on any atom is 0.253 e. The number of carbonyl (C=O) groups is 1. The normalized spacial score (nSPS) is 23.6. The Hall–Kier alpha value is -1.99. The molecule has 2 saturated heterocycles. The summed E-state index contributed by atoms with van der Waals surface area (Å²) in [5.41, 5.74) is 8.38. The number of carbonyl (C=O) groups excluding carboxylic acids is 1. The quantitative estimate of drug-likeness (QED) is 0.848. The van der Waals surface area contributed by atoms with E-state index in [0.717, 1.165) is 25.1 Å². The minimum atomic E-state index is -0.220. The van der Waals surface area contributed by atoms with Crippen LogP contribution < -0.4 is 10.9 Å². The lowest BCUT2D eigenvalue weighted by Crippen LogP contribution is -2.55. The van der Waals surface area contributed by atoms with E-state index >= 15 is 0 Å². The molecular formula is C20H22ClFN4O. The van der Waals surface area contributed by atoms with Gasteiger partial charge in [-0.05, 0) is 48.4 Å². The van der Waals surface area contributed by atoms with Crippen molar-refractivity contribution in [1.82, 2.24) is 20.7 Å². The molecule has 7 heteroatoms. The van der Waals surface area contributed by atoms with Gasteiger partial charge in [-0.2, -0.15) is 0 Å².